The molecule has 1 aliphatic heterocycles. The number of nitrogens with one attached hydrogen (secondary N) is 1. The second kappa shape index (κ2) is 7.44. The zero-order valence-corrected chi connectivity index (χ0v) is 16.0. The van der Waals surface area contributed by atoms with Gasteiger partial charge in [0.05, 0.1) is 5.69 Å². The van der Waals surface area contributed by atoms with Crippen LogP contribution in [-0.2, 0) is 11.4 Å². The first-order valence-electron chi connectivity index (χ1n) is 9.87. The summed E-state index contributed by atoms with van der Waals surface area (Å²) in [7, 11) is 0. The highest BCUT2D eigenvalue weighted by Gasteiger charge is 2.29. The molecule has 4 aromatic rings. The summed E-state index contributed by atoms with van der Waals surface area (Å²) in [6.07, 6.45) is 0.414. The molecule has 1 heterocycles. The van der Waals surface area contributed by atoms with Crippen LogP contribution < -0.4 is 10.1 Å². The van der Waals surface area contributed by atoms with E-state index in [1.807, 2.05) is 48.5 Å². The highest BCUT2D eigenvalue weighted by molar-refractivity contribution is 6.06. The molecule has 3 nitrogen and oxygen atoms in total. The van der Waals surface area contributed by atoms with E-state index in [4.69, 9.17) is 4.74 Å². The van der Waals surface area contributed by atoms with Crippen molar-refractivity contribution in [3.8, 4) is 5.75 Å². The minimum absolute atomic E-state index is 0.0321. The van der Waals surface area contributed by atoms with Crippen molar-refractivity contribution in [2.45, 2.75) is 18.9 Å². The largest absolute Gasteiger partial charge is 0.489 e. The summed E-state index contributed by atoms with van der Waals surface area (Å²) < 4.78 is 6.18. The standard InChI is InChI=1S/C26H21NO2/c28-25-16-23(22-15-14-19-10-4-5-11-20(19)26(22)27-25)21-12-6-7-13-24(21)29-17-18-8-2-1-3-9-18/h1-15,23H,16-17H2,(H,27,28). The van der Waals surface area contributed by atoms with Gasteiger partial charge in [-0.2, -0.15) is 0 Å². The molecule has 1 amide bonds. The van der Waals surface area contributed by atoms with Gasteiger partial charge in [0, 0.05) is 23.3 Å². The fourth-order valence-corrected chi connectivity index (χ4v) is 4.12. The molecule has 0 spiro atoms. The van der Waals surface area contributed by atoms with Crippen LogP contribution in [0.4, 0.5) is 5.69 Å². The Morgan fingerprint density at radius 2 is 1.55 bits per heavy atom. The van der Waals surface area contributed by atoms with E-state index in [1.165, 1.54) is 0 Å². The van der Waals surface area contributed by atoms with Crippen LogP contribution in [0.3, 0.4) is 0 Å². The van der Waals surface area contributed by atoms with Gasteiger partial charge in [-0.25, -0.2) is 0 Å². The number of para-hydroxylation sites is 1. The monoisotopic (exact) mass is 379 g/mol. The topological polar surface area (TPSA) is 38.3 Å². The molecular formula is C26H21NO2. The number of carbonyl (C=O) groups is 1. The number of benzene rings is 4. The lowest BCUT2D eigenvalue weighted by Crippen LogP contribution is -2.24. The maximum atomic E-state index is 12.6. The summed E-state index contributed by atoms with van der Waals surface area (Å²) in [5, 5.41) is 5.30. The van der Waals surface area contributed by atoms with Crippen LogP contribution in [0.15, 0.2) is 91.0 Å². The molecule has 0 saturated carbocycles. The first-order valence-corrected chi connectivity index (χ1v) is 9.87. The van der Waals surface area contributed by atoms with Crippen molar-refractivity contribution in [2.75, 3.05) is 5.32 Å². The van der Waals surface area contributed by atoms with Gasteiger partial charge in [0.15, 0.2) is 0 Å². The molecule has 0 aliphatic carbocycles. The Kier molecular flexibility index (Phi) is 4.49. The van der Waals surface area contributed by atoms with Gasteiger partial charge in [0.2, 0.25) is 5.91 Å². The second-order valence-corrected chi connectivity index (χ2v) is 7.37. The normalized spacial score (nSPS) is 15.6. The third-order valence-corrected chi connectivity index (χ3v) is 5.52. The zero-order valence-electron chi connectivity index (χ0n) is 16.0. The predicted octanol–water partition coefficient (Wildman–Crippen LogP) is 5.89. The summed E-state index contributed by atoms with van der Waals surface area (Å²) in [6.45, 7) is 0.501. The second-order valence-electron chi connectivity index (χ2n) is 7.37. The molecule has 1 aliphatic rings. The van der Waals surface area contributed by atoms with Crippen molar-refractivity contribution in [1.82, 2.24) is 0 Å². The molecule has 0 bridgehead atoms. The van der Waals surface area contributed by atoms with Crippen molar-refractivity contribution in [3.63, 3.8) is 0 Å². The van der Waals surface area contributed by atoms with Crippen LogP contribution in [0, 0.1) is 0 Å². The van der Waals surface area contributed by atoms with Gasteiger partial charge in [-0.3, -0.25) is 4.79 Å². The summed E-state index contributed by atoms with van der Waals surface area (Å²) in [4.78, 5) is 12.6. The van der Waals surface area contributed by atoms with Gasteiger partial charge in [-0.05, 0) is 22.6 Å². The summed E-state index contributed by atoms with van der Waals surface area (Å²) in [5.74, 6) is 0.835. The van der Waals surface area contributed by atoms with Gasteiger partial charge in [0.25, 0.3) is 0 Å². The molecule has 142 valence electrons. The van der Waals surface area contributed by atoms with Crippen molar-refractivity contribution in [3.05, 3.63) is 108 Å². The van der Waals surface area contributed by atoms with Crippen molar-refractivity contribution < 1.29 is 9.53 Å². The van der Waals surface area contributed by atoms with Crippen LogP contribution >= 0.6 is 0 Å². The average molecular weight is 379 g/mol. The number of rotatable bonds is 4. The Morgan fingerprint density at radius 1 is 0.793 bits per heavy atom. The number of carbonyl (C=O) groups excluding carboxylic acids is 1. The molecule has 0 saturated heterocycles. The van der Waals surface area contributed by atoms with E-state index >= 15 is 0 Å². The minimum atomic E-state index is -0.0321. The lowest BCUT2D eigenvalue weighted by atomic mass is 9.83. The number of ether oxygens (including phenoxy) is 1. The first kappa shape index (κ1) is 17.5. The highest BCUT2D eigenvalue weighted by atomic mass is 16.5. The first-order chi connectivity index (χ1) is 14.3. The van der Waals surface area contributed by atoms with Gasteiger partial charge in [-0.1, -0.05) is 84.9 Å². The molecule has 0 radical (unpaired) electrons. The van der Waals surface area contributed by atoms with Gasteiger partial charge < -0.3 is 10.1 Å². The fourth-order valence-electron chi connectivity index (χ4n) is 4.12. The van der Waals surface area contributed by atoms with Crippen LogP contribution in [-0.4, -0.2) is 5.91 Å². The molecule has 1 N–H and O–H groups in total. The molecule has 1 atom stereocenters. The van der Waals surface area contributed by atoms with E-state index < -0.39 is 0 Å². The SMILES string of the molecule is O=C1CC(c2ccccc2OCc2ccccc2)c2ccc3ccccc3c2N1. The summed E-state index contributed by atoms with van der Waals surface area (Å²) in [6, 6.07) is 30.6. The molecule has 4 aromatic carbocycles. The molecular weight excluding hydrogens is 358 g/mol. The van der Waals surface area contributed by atoms with Gasteiger partial charge in [-0.15, -0.1) is 0 Å². The Balaban J connectivity index is 1.55. The van der Waals surface area contributed by atoms with Crippen molar-refractivity contribution in [2.24, 2.45) is 0 Å². The van der Waals surface area contributed by atoms with Crippen molar-refractivity contribution >= 4 is 22.4 Å². The minimum Gasteiger partial charge on any atom is -0.489 e. The summed E-state index contributed by atoms with van der Waals surface area (Å²) >= 11 is 0. The van der Waals surface area contributed by atoms with Crippen LogP contribution in [0.25, 0.3) is 10.8 Å². The average Bonchev–Trinajstić information content (AvgIpc) is 2.78. The molecule has 5 rings (SSSR count). The Hall–Kier alpha value is -3.59. The zero-order chi connectivity index (χ0) is 19.6. The quantitative estimate of drug-likeness (QED) is 0.480. The van der Waals surface area contributed by atoms with Crippen LogP contribution in [0.5, 0.6) is 5.75 Å². The van der Waals surface area contributed by atoms with E-state index in [2.05, 4.69) is 47.8 Å². The van der Waals surface area contributed by atoms with Gasteiger partial charge in [0.1, 0.15) is 12.4 Å². The van der Waals surface area contributed by atoms with Gasteiger partial charge >= 0.3 is 0 Å². The number of anilines is 1. The third-order valence-electron chi connectivity index (χ3n) is 5.52. The molecule has 3 heteroatoms. The maximum absolute atomic E-state index is 12.6. The number of fused-ring (bicyclic) bond motifs is 3. The molecule has 1 unspecified atom stereocenters. The van der Waals surface area contributed by atoms with E-state index in [9.17, 15) is 4.79 Å². The lowest BCUT2D eigenvalue weighted by molar-refractivity contribution is -0.116. The van der Waals surface area contributed by atoms with Crippen LogP contribution in [0.1, 0.15) is 29.0 Å². The summed E-state index contributed by atoms with van der Waals surface area (Å²) in [5.41, 5.74) is 4.23. The van der Waals surface area contributed by atoms with E-state index in [-0.39, 0.29) is 11.8 Å². The number of hydrogen-bond acceptors (Lipinski definition) is 2. The smallest absolute Gasteiger partial charge is 0.225 e. The lowest BCUT2D eigenvalue weighted by Gasteiger charge is -2.28. The maximum Gasteiger partial charge on any atom is 0.225 e. The Bertz CT molecular complexity index is 1180. The van der Waals surface area contributed by atoms with Crippen LogP contribution in [0.2, 0.25) is 0 Å². The van der Waals surface area contributed by atoms with Crippen molar-refractivity contribution in [1.29, 1.82) is 0 Å². The predicted molar refractivity (Wildman–Crippen MR) is 116 cm³/mol. The number of amides is 1. The number of hydrogen-bond donors (Lipinski definition) is 1. The third kappa shape index (κ3) is 3.36. The highest BCUT2D eigenvalue weighted by Crippen LogP contribution is 2.43. The fraction of sp³-hybridized carbons (Fsp3) is 0.115. The van der Waals surface area contributed by atoms with E-state index in [1.54, 1.807) is 0 Å². The van der Waals surface area contributed by atoms with E-state index in [0.717, 1.165) is 38.9 Å². The Labute approximate surface area is 170 Å². The Morgan fingerprint density at radius 3 is 2.45 bits per heavy atom. The molecule has 0 aromatic heterocycles. The molecule has 0 fully saturated rings. The molecule has 29 heavy (non-hydrogen) atoms. The van der Waals surface area contributed by atoms with E-state index in [0.29, 0.717) is 13.0 Å².